The molecule has 2 saturated heterocycles. The molecule has 18 heteroatoms. The minimum absolute atomic E-state index is 0.0751. The van der Waals surface area contributed by atoms with Crippen LogP contribution in [0.5, 0.6) is 0 Å². The van der Waals surface area contributed by atoms with Crippen LogP contribution in [-0.2, 0) is 46.4 Å². The molecule has 3 aliphatic rings. The number of nitrogens with one attached hydrogen (secondary N) is 6. The summed E-state index contributed by atoms with van der Waals surface area (Å²) in [5, 5.41) is 20.3. The van der Waals surface area contributed by atoms with Crippen molar-refractivity contribution in [3.63, 3.8) is 0 Å². The molecule has 0 radical (unpaired) electrons. The molecular weight excluding hydrogens is 849 g/mol. The zero-order valence-electron chi connectivity index (χ0n) is 37.2. The van der Waals surface area contributed by atoms with Gasteiger partial charge in [-0.15, -0.1) is 11.3 Å². The first-order valence-corrected chi connectivity index (χ1v) is 23.9. The van der Waals surface area contributed by atoms with Crippen molar-refractivity contribution in [2.45, 2.75) is 133 Å². The van der Waals surface area contributed by atoms with E-state index in [1.54, 1.807) is 0 Å². The number of rotatable bonds is 13. The van der Waals surface area contributed by atoms with Crippen LogP contribution in [0.25, 0.3) is 10.1 Å². The van der Waals surface area contributed by atoms with E-state index in [1.165, 1.54) is 23.2 Å². The number of nitrogens with two attached hydrogens (primary N) is 2. The number of hydrogen-bond donors (Lipinski definition) is 8. The van der Waals surface area contributed by atoms with Crippen LogP contribution in [-0.4, -0.2) is 108 Å². The van der Waals surface area contributed by atoms with Gasteiger partial charge in [-0.1, -0.05) is 80.6 Å². The summed E-state index contributed by atoms with van der Waals surface area (Å²) in [5.41, 5.74) is 12.8. The quantitative estimate of drug-likeness (QED) is 0.0709. The third-order valence-corrected chi connectivity index (χ3v) is 13.5. The number of thiophene rings is 1. The van der Waals surface area contributed by atoms with Crippen molar-refractivity contribution in [3.8, 4) is 0 Å². The molecule has 7 amide bonds. The number of hydrogen-bond acceptors (Lipinski definition) is 9. The number of nitrogens with zero attached hydrogens (tertiary/aromatic N) is 2. The first-order valence-electron chi connectivity index (χ1n) is 23.0. The Morgan fingerprint density at radius 3 is 2.28 bits per heavy atom. The lowest BCUT2D eigenvalue weighted by molar-refractivity contribution is -0.142. The Hall–Kier alpha value is -6.04. The van der Waals surface area contributed by atoms with Gasteiger partial charge in [-0.05, 0) is 78.8 Å². The van der Waals surface area contributed by atoms with Gasteiger partial charge in [0.2, 0.25) is 41.4 Å². The van der Waals surface area contributed by atoms with Gasteiger partial charge in [0.25, 0.3) is 0 Å². The number of guanidine groups is 1. The second-order valence-electron chi connectivity index (χ2n) is 17.5. The number of amides is 7. The van der Waals surface area contributed by atoms with Crippen LogP contribution in [0.1, 0.15) is 95.1 Å². The Morgan fingerprint density at radius 2 is 1.52 bits per heavy atom. The molecule has 1 saturated carbocycles. The fourth-order valence-corrected chi connectivity index (χ4v) is 10.1. The van der Waals surface area contributed by atoms with Gasteiger partial charge in [-0.2, -0.15) is 0 Å². The van der Waals surface area contributed by atoms with E-state index in [4.69, 9.17) is 11.5 Å². The minimum atomic E-state index is -1.12. The second kappa shape index (κ2) is 23.8. The van der Waals surface area contributed by atoms with Gasteiger partial charge in [-0.3, -0.25) is 38.6 Å². The molecule has 1 aromatic heterocycles. The summed E-state index contributed by atoms with van der Waals surface area (Å²) in [6.07, 6.45) is 7.19. The molecule has 10 N–H and O–H groups in total. The number of carbonyl (C=O) groups excluding carboxylic acids is 7. The van der Waals surface area contributed by atoms with Crippen LogP contribution in [0.2, 0.25) is 0 Å². The Kier molecular flexibility index (Phi) is 17.7. The third kappa shape index (κ3) is 14.0. The van der Waals surface area contributed by atoms with Gasteiger partial charge in [0.15, 0.2) is 5.96 Å². The highest BCUT2D eigenvalue weighted by molar-refractivity contribution is 7.17. The van der Waals surface area contributed by atoms with E-state index in [2.05, 4.69) is 36.9 Å². The van der Waals surface area contributed by atoms with Crippen LogP contribution in [0.4, 0.5) is 0 Å². The Balaban J connectivity index is 1.31. The lowest BCUT2D eigenvalue weighted by Gasteiger charge is -2.32. The van der Waals surface area contributed by atoms with E-state index in [0.29, 0.717) is 25.7 Å². The minimum Gasteiger partial charge on any atom is -0.370 e. The van der Waals surface area contributed by atoms with Crippen molar-refractivity contribution in [3.05, 3.63) is 71.1 Å². The van der Waals surface area contributed by atoms with Gasteiger partial charge in [-0.25, -0.2) is 0 Å². The van der Waals surface area contributed by atoms with Gasteiger partial charge in [0.1, 0.15) is 36.3 Å². The molecule has 65 heavy (non-hydrogen) atoms. The van der Waals surface area contributed by atoms with Crippen molar-refractivity contribution < 1.29 is 33.6 Å². The SMILES string of the molecule is CC(=O)N[C@@H](Cc1ccccc1)C(=O)N[C@H]1CCCNC(=O)[C@H](CCCN=C(N)N)NC(=O)[C@H](Cc2csc3ccccc23)NC(=O)[C@H](CC2CCCCC2)NC(=O)[C@@H]2CCCN2C1=O. The summed E-state index contributed by atoms with van der Waals surface area (Å²) in [7, 11) is 0. The maximum atomic E-state index is 14.6. The highest BCUT2D eigenvalue weighted by Crippen LogP contribution is 2.29. The Bertz CT molecular complexity index is 2170. The molecule has 0 spiro atoms. The van der Waals surface area contributed by atoms with Gasteiger partial charge in [0, 0.05) is 44.1 Å². The Morgan fingerprint density at radius 1 is 0.815 bits per heavy atom. The molecule has 3 aromatic rings. The summed E-state index contributed by atoms with van der Waals surface area (Å²) in [6.45, 7) is 1.84. The summed E-state index contributed by atoms with van der Waals surface area (Å²) in [4.78, 5) is 104. The fraction of sp³-hybridized carbons (Fsp3) is 0.532. The van der Waals surface area contributed by atoms with Crippen LogP contribution >= 0.6 is 11.3 Å². The van der Waals surface area contributed by atoms with Gasteiger partial charge < -0.3 is 48.3 Å². The summed E-state index contributed by atoms with van der Waals surface area (Å²) in [6, 6.07) is 10.7. The van der Waals surface area contributed by atoms with E-state index >= 15 is 0 Å². The fourth-order valence-electron chi connectivity index (χ4n) is 9.17. The maximum Gasteiger partial charge on any atom is 0.245 e. The molecule has 6 atom stereocenters. The summed E-state index contributed by atoms with van der Waals surface area (Å²) >= 11 is 1.53. The zero-order chi connectivity index (χ0) is 46.3. The first kappa shape index (κ1) is 48.4. The maximum absolute atomic E-state index is 14.6. The zero-order valence-corrected chi connectivity index (χ0v) is 38.0. The van der Waals surface area contributed by atoms with Crippen molar-refractivity contribution in [2.75, 3.05) is 19.6 Å². The standard InChI is InChI=1S/C47H64N10O7S/c1-29(58)52-36(25-30-13-4-2-5-14-30)42(60)54-35-19-11-22-50-41(59)34(18-10-23-51-47(48)49)53-44(62)38(27-32-28-65-40-21-9-8-17-33(32)40)55-43(61)37(26-31-15-6-3-7-16-31)56-45(63)39-20-12-24-57(39)46(35)64/h2,4-5,8-9,13-14,17,21,28,31,34-39H,3,6-7,10-12,15-16,18-20,22-27H2,1H3,(H,50,59)(H,52,58)(H,53,62)(H,54,60)(H,55,61)(H,56,63)(H4,48,49,51)/t34-,35-,36-,37-,38-,39-/m0/s1. The molecule has 17 nitrogen and oxygen atoms in total. The van der Waals surface area contributed by atoms with Crippen LogP contribution in [0.15, 0.2) is 65.0 Å². The van der Waals surface area contributed by atoms with E-state index in [-0.39, 0.29) is 63.6 Å². The van der Waals surface area contributed by atoms with E-state index < -0.39 is 77.6 Å². The van der Waals surface area contributed by atoms with Crippen LogP contribution in [0.3, 0.4) is 0 Å². The molecule has 6 rings (SSSR count). The molecule has 0 bridgehead atoms. The molecular formula is C47H64N10O7S. The number of benzene rings is 2. The molecule has 3 fully saturated rings. The molecule has 0 unspecified atom stereocenters. The highest BCUT2D eigenvalue weighted by atomic mass is 32.1. The number of fused-ring (bicyclic) bond motifs is 2. The van der Waals surface area contributed by atoms with Crippen molar-refractivity contribution in [2.24, 2.45) is 22.4 Å². The smallest absolute Gasteiger partial charge is 0.245 e. The van der Waals surface area contributed by atoms with Crippen LogP contribution < -0.4 is 43.4 Å². The van der Waals surface area contributed by atoms with Crippen molar-refractivity contribution in [1.82, 2.24) is 36.8 Å². The second-order valence-corrected chi connectivity index (χ2v) is 18.4. The van der Waals surface area contributed by atoms with E-state index in [1.807, 2.05) is 60.0 Å². The Labute approximate surface area is 384 Å². The first-order chi connectivity index (χ1) is 31.4. The van der Waals surface area contributed by atoms with Crippen LogP contribution in [0, 0.1) is 5.92 Å². The van der Waals surface area contributed by atoms with Gasteiger partial charge in [0.05, 0.1) is 0 Å². The van der Waals surface area contributed by atoms with Gasteiger partial charge >= 0.3 is 0 Å². The molecule has 350 valence electrons. The lowest BCUT2D eigenvalue weighted by atomic mass is 9.84. The molecule has 2 aromatic carbocycles. The van der Waals surface area contributed by atoms with E-state index in [9.17, 15) is 33.6 Å². The average Bonchev–Trinajstić information content (AvgIpc) is 3.95. The molecule has 2 aliphatic heterocycles. The number of carbonyl (C=O) groups is 7. The predicted octanol–water partition coefficient (Wildman–Crippen LogP) is 2.06. The average molecular weight is 913 g/mol. The number of aliphatic imine (C=N–C) groups is 1. The summed E-state index contributed by atoms with van der Waals surface area (Å²) in [5.74, 6) is -3.53. The molecule has 3 heterocycles. The lowest BCUT2D eigenvalue weighted by Crippen LogP contribution is -2.60. The van der Waals surface area contributed by atoms with Crippen molar-refractivity contribution >= 4 is 68.7 Å². The van der Waals surface area contributed by atoms with Crippen molar-refractivity contribution in [1.29, 1.82) is 0 Å². The third-order valence-electron chi connectivity index (χ3n) is 12.5. The summed E-state index contributed by atoms with van der Waals surface area (Å²) < 4.78 is 1.02. The molecule has 1 aliphatic carbocycles. The largest absolute Gasteiger partial charge is 0.370 e. The predicted molar refractivity (Wildman–Crippen MR) is 249 cm³/mol. The monoisotopic (exact) mass is 912 g/mol. The normalized spacial score (nSPS) is 23.4. The topological polar surface area (TPSA) is 259 Å². The highest BCUT2D eigenvalue weighted by Gasteiger charge is 2.40. The van der Waals surface area contributed by atoms with E-state index in [0.717, 1.165) is 53.3 Å².